The monoisotopic (exact) mass is 338 g/mol. The zero-order valence-electron chi connectivity index (χ0n) is 12.8. The van der Waals surface area contributed by atoms with E-state index in [1.807, 2.05) is 32.0 Å². The van der Waals surface area contributed by atoms with Gasteiger partial charge in [-0.1, -0.05) is 11.3 Å². The third kappa shape index (κ3) is 2.68. The number of nitrogens with one attached hydrogen (secondary N) is 1. The maximum atomic E-state index is 12.3. The molecule has 1 fully saturated rings. The highest BCUT2D eigenvalue weighted by atomic mass is 32.1. The summed E-state index contributed by atoms with van der Waals surface area (Å²) in [6.45, 7) is 3.36. The molecule has 0 aliphatic carbocycles. The van der Waals surface area contributed by atoms with Crippen LogP contribution in [-0.2, 0) is 4.79 Å². The lowest BCUT2D eigenvalue weighted by atomic mass is 10.2. The minimum absolute atomic E-state index is 0.0160. The van der Waals surface area contributed by atoms with E-state index >= 15 is 0 Å². The summed E-state index contributed by atoms with van der Waals surface area (Å²) < 4.78 is 1.01. The number of hydrogen-bond donors (Lipinski definition) is 1. The number of likely N-dealkylation sites (N-methyl/N-ethyl adjacent to an activating group) is 1. The molecule has 1 atom stereocenters. The van der Waals surface area contributed by atoms with Crippen molar-refractivity contribution in [1.82, 2.24) is 15.2 Å². The average Bonchev–Trinajstić information content (AvgIpc) is 3.12. The van der Waals surface area contributed by atoms with Crippen molar-refractivity contribution >= 4 is 49.1 Å². The number of nitrogens with zero attached hydrogens (tertiary/aromatic N) is 3. The average molecular weight is 338 g/mol. The van der Waals surface area contributed by atoms with Gasteiger partial charge in [0.15, 0.2) is 5.13 Å². The van der Waals surface area contributed by atoms with Gasteiger partial charge in [-0.3, -0.25) is 9.59 Å². The van der Waals surface area contributed by atoms with Crippen LogP contribution >= 0.6 is 22.7 Å². The summed E-state index contributed by atoms with van der Waals surface area (Å²) in [5.41, 5.74) is 0. The first kappa shape index (κ1) is 15.2. The summed E-state index contributed by atoms with van der Waals surface area (Å²) in [5.74, 6) is -0.167. The van der Waals surface area contributed by atoms with E-state index in [4.69, 9.17) is 0 Å². The predicted octanol–water partition coefficient (Wildman–Crippen LogP) is 1.77. The van der Waals surface area contributed by atoms with Crippen LogP contribution in [0.25, 0.3) is 9.53 Å². The quantitative estimate of drug-likeness (QED) is 0.923. The lowest BCUT2D eigenvalue weighted by Crippen LogP contribution is -2.41. The smallest absolute Gasteiger partial charge is 0.262 e. The molecule has 0 spiro atoms. The summed E-state index contributed by atoms with van der Waals surface area (Å²) in [5, 5.41) is 3.77. The number of carbonyl (C=O) groups excluding carboxylic acids is 2. The first-order chi connectivity index (χ1) is 10.5. The second-order valence-corrected chi connectivity index (χ2v) is 7.44. The van der Waals surface area contributed by atoms with Gasteiger partial charge < -0.3 is 15.1 Å². The molecule has 0 saturated carbocycles. The van der Waals surface area contributed by atoms with Crippen molar-refractivity contribution in [3.8, 4) is 0 Å². The Morgan fingerprint density at radius 1 is 1.50 bits per heavy atom. The van der Waals surface area contributed by atoms with E-state index in [0.29, 0.717) is 24.4 Å². The Hall–Kier alpha value is -1.67. The van der Waals surface area contributed by atoms with Crippen LogP contribution in [0.15, 0.2) is 6.07 Å². The molecule has 0 aromatic carbocycles. The van der Waals surface area contributed by atoms with Gasteiger partial charge in [0.2, 0.25) is 5.91 Å². The van der Waals surface area contributed by atoms with Gasteiger partial charge in [0.05, 0.1) is 9.58 Å². The molecule has 1 N–H and O–H groups in total. The highest BCUT2D eigenvalue weighted by Crippen LogP contribution is 2.33. The molecule has 1 aliphatic heterocycles. The summed E-state index contributed by atoms with van der Waals surface area (Å²) >= 11 is 2.93. The second-order valence-electron chi connectivity index (χ2n) is 5.40. The van der Waals surface area contributed by atoms with E-state index < -0.39 is 6.04 Å². The molecule has 2 aromatic heterocycles. The molecule has 3 rings (SSSR count). The first-order valence-electron chi connectivity index (χ1n) is 7.17. The van der Waals surface area contributed by atoms with Crippen molar-refractivity contribution in [2.75, 3.05) is 32.1 Å². The maximum Gasteiger partial charge on any atom is 0.262 e. The molecule has 118 valence electrons. The van der Waals surface area contributed by atoms with Crippen molar-refractivity contribution < 1.29 is 9.59 Å². The number of thiazole rings is 1. The van der Waals surface area contributed by atoms with E-state index in [1.54, 1.807) is 16.2 Å². The van der Waals surface area contributed by atoms with Gasteiger partial charge >= 0.3 is 0 Å². The Kier molecular flexibility index (Phi) is 4.05. The molecule has 22 heavy (non-hydrogen) atoms. The number of aromatic nitrogens is 1. The van der Waals surface area contributed by atoms with Crippen LogP contribution in [0.3, 0.4) is 0 Å². The van der Waals surface area contributed by atoms with E-state index in [-0.39, 0.29) is 11.8 Å². The summed E-state index contributed by atoms with van der Waals surface area (Å²) in [6, 6.07) is 1.47. The largest absolute Gasteiger partial charge is 0.354 e. The Balaban J connectivity index is 1.73. The zero-order chi connectivity index (χ0) is 15.9. The van der Waals surface area contributed by atoms with Crippen LogP contribution in [-0.4, -0.2) is 54.9 Å². The van der Waals surface area contributed by atoms with Crippen molar-refractivity contribution in [2.45, 2.75) is 19.4 Å². The van der Waals surface area contributed by atoms with E-state index in [2.05, 4.69) is 10.3 Å². The Bertz CT molecular complexity index is 690. The lowest BCUT2D eigenvalue weighted by Gasteiger charge is -2.14. The number of anilines is 1. The van der Waals surface area contributed by atoms with Crippen LogP contribution in [0.4, 0.5) is 5.13 Å². The zero-order valence-corrected chi connectivity index (χ0v) is 14.4. The molecule has 1 unspecified atom stereocenters. The number of amides is 2. The van der Waals surface area contributed by atoms with Gasteiger partial charge in [-0.15, -0.1) is 11.3 Å². The normalized spacial score (nSPS) is 18.2. The van der Waals surface area contributed by atoms with Crippen molar-refractivity contribution in [1.29, 1.82) is 0 Å². The van der Waals surface area contributed by atoms with Gasteiger partial charge in [0, 0.05) is 27.2 Å². The minimum atomic E-state index is -0.391. The molecule has 3 heterocycles. The standard InChI is InChI=1S/C14H18N4O2S2/c1-4-18-6-5-8(13(18)20)15-11(19)9-7-10-12(21-9)16-14(22-10)17(2)3/h7-8H,4-6H2,1-3H3,(H,15,19). The third-order valence-corrected chi connectivity index (χ3v) is 6.00. The number of fused-ring (bicyclic) bond motifs is 1. The molecule has 0 radical (unpaired) electrons. The van der Waals surface area contributed by atoms with Crippen LogP contribution in [0.1, 0.15) is 23.0 Å². The third-order valence-electron chi connectivity index (χ3n) is 3.67. The summed E-state index contributed by atoms with van der Waals surface area (Å²) in [4.78, 5) is 34.1. The van der Waals surface area contributed by atoms with Crippen LogP contribution in [0, 0.1) is 0 Å². The number of carbonyl (C=O) groups is 2. The van der Waals surface area contributed by atoms with Crippen molar-refractivity contribution in [3.63, 3.8) is 0 Å². The van der Waals surface area contributed by atoms with Gasteiger partial charge in [0.1, 0.15) is 10.9 Å². The lowest BCUT2D eigenvalue weighted by molar-refractivity contribution is -0.129. The van der Waals surface area contributed by atoms with Gasteiger partial charge in [-0.05, 0) is 19.4 Å². The van der Waals surface area contributed by atoms with E-state index in [9.17, 15) is 9.59 Å². The van der Waals surface area contributed by atoms with Gasteiger partial charge in [0.25, 0.3) is 5.91 Å². The fourth-order valence-electron chi connectivity index (χ4n) is 2.44. The van der Waals surface area contributed by atoms with Crippen LogP contribution in [0.2, 0.25) is 0 Å². The summed E-state index contributed by atoms with van der Waals surface area (Å²) in [6.07, 6.45) is 0.682. The first-order valence-corrected chi connectivity index (χ1v) is 8.80. The number of rotatable bonds is 4. The highest BCUT2D eigenvalue weighted by molar-refractivity contribution is 7.29. The molecular formula is C14H18N4O2S2. The Morgan fingerprint density at radius 3 is 2.86 bits per heavy atom. The second kappa shape index (κ2) is 5.85. The SMILES string of the molecule is CCN1CCC(NC(=O)c2cc3sc(N(C)C)nc3s2)C1=O. The molecule has 2 aromatic rings. The fraction of sp³-hybridized carbons (Fsp3) is 0.500. The molecule has 1 saturated heterocycles. The fourth-order valence-corrected chi connectivity index (χ4v) is 4.48. The Labute approximate surface area is 136 Å². The van der Waals surface area contributed by atoms with Gasteiger partial charge in [-0.25, -0.2) is 4.98 Å². The molecule has 2 amide bonds. The van der Waals surface area contributed by atoms with Crippen LogP contribution in [0.5, 0.6) is 0 Å². The molecular weight excluding hydrogens is 320 g/mol. The topological polar surface area (TPSA) is 65.5 Å². The predicted molar refractivity (Wildman–Crippen MR) is 89.9 cm³/mol. The van der Waals surface area contributed by atoms with E-state index in [0.717, 1.165) is 14.7 Å². The van der Waals surface area contributed by atoms with Crippen LogP contribution < -0.4 is 10.2 Å². The molecule has 8 heteroatoms. The number of thiophene rings is 1. The van der Waals surface area contributed by atoms with Gasteiger partial charge in [-0.2, -0.15) is 0 Å². The van der Waals surface area contributed by atoms with E-state index in [1.165, 1.54) is 11.3 Å². The maximum absolute atomic E-state index is 12.3. The van der Waals surface area contributed by atoms with Crippen molar-refractivity contribution in [2.24, 2.45) is 0 Å². The minimum Gasteiger partial charge on any atom is -0.354 e. The molecule has 6 nitrogen and oxygen atoms in total. The number of likely N-dealkylation sites (tertiary alicyclic amines) is 1. The van der Waals surface area contributed by atoms with Crippen molar-refractivity contribution in [3.05, 3.63) is 10.9 Å². The molecule has 0 bridgehead atoms. The highest BCUT2D eigenvalue weighted by Gasteiger charge is 2.32. The summed E-state index contributed by atoms with van der Waals surface area (Å²) in [7, 11) is 3.89. The Morgan fingerprint density at radius 2 is 2.27 bits per heavy atom. The molecule has 1 aliphatic rings. The number of hydrogen-bond acceptors (Lipinski definition) is 6.